The van der Waals surface area contributed by atoms with Gasteiger partial charge < -0.3 is 5.32 Å². The SMILES string of the molecule is CC(C)CC(=O)N[C@H](c1ccccn1)C1CCN(Cc2ccc(F)c(F)c2)CC1. The first kappa shape index (κ1) is 21.4. The zero-order chi connectivity index (χ0) is 20.8. The van der Waals surface area contributed by atoms with Crippen molar-refractivity contribution in [3.8, 4) is 0 Å². The maximum atomic E-state index is 13.5. The van der Waals surface area contributed by atoms with Crippen molar-refractivity contribution >= 4 is 5.91 Å². The minimum Gasteiger partial charge on any atom is -0.347 e. The molecule has 0 saturated carbocycles. The van der Waals surface area contributed by atoms with Gasteiger partial charge in [-0.05, 0) is 67.6 Å². The number of pyridine rings is 1. The van der Waals surface area contributed by atoms with E-state index in [1.807, 2.05) is 32.0 Å². The lowest BCUT2D eigenvalue weighted by atomic mass is 9.87. The highest BCUT2D eigenvalue weighted by atomic mass is 19.2. The lowest BCUT2D eigenvalue weighted by molar-refractivity contribution is -0.123. The number of nitrogens with one attached hydrogen (secondary N) is 1. The number of nitrogens with zero attached hydrogens (tertiary/aromatic N) is 2. The molecular formula is C23H29F2N3O. The molecular weight excluding hydrogens is 372 g/mol. The van der Waals surface area contributed by atoms with Crippen LogP contribution in [0.25, 0.3) is 0 Å². The summed E-state index contributed by atoms with van der Waals surface area (Å²) in [6.45, 7) is 6.34. The van der Waals surface area contributed by atoms with Crippen LogP contribution in [0.4, 0.5) is 8.78 Å². The molecule has 1 aliphatic heterocycles. The van der Waals surface area contributed by atoms with Gasteiger partial charge in [-0.2, -0.15) is 0 Å². The highest BCUT2D eigenvalue weighted by Crippen LogP contribution is 2.31. The summed E-state index contributed by atoms with van der Waals surface area (Å²) in [7, 11) is 0. The van der Waals surface area contributed by atoms with Crippen LogP contribution in [-0.4, -0.2) is 28.9 Å². The fraction of sp³-hybridized carbons (Fsp3) is 0.478. The van der Waals surface area contributed by atoms with Crippen LogP contribution in [-0.2, 0) is 11.3 Å². The van der Waals surface area contributed by atoms with Gasteiger partial charge in [0, 0.05) is 19.2 Å². The highest BCUT2D eigenvalue weighted by Gasteiger charge is 2.29. The number of carbonyl (C=O) groups excluding carboxylic acids is 1. The molecule has 1 amide bonds. The summed E-state index contributed by atoms with van der Waals surface area (Å²) in [5.41, 5.74) is 1.66. The molecule has 29 heavy (non-hydrogen) atoms. The van der Waals surface area contributed by atoms with Gasteiger partial charge in [-0.1, -0.05) is 26.0 Å². The number of benzene rings is 1. The quantitative estimate of drug-likeness (QED) is 0.744. The number of piperidine rings is 1. The molecule has 1 aromatic heterocycles. The second-order valence-electron chi connectivity index (χ2n) is 8.26. The Morgan fingerprint density at radius 1 is 1.17 bits per heavy atom. The summed E-state index contributed by atoms with van der Waals surface area (Å²) < 4.78 is 26.6. The molecule has 1 saturated heterocycles. The van der Waals surface area contributed by atoms with Gasteiger partial charge in [0.05, 0.1) is 11.7 Å². The van der Waals surface area contributed by atoms with Gasteiger partial charge in [0.25, 0.3) is 0 Å². The number of amides is 1. The Bertz CT molecular complexity index is 805. The minimum atomic E-state index is -0.817. The average Bonchev–Trinajstić information content (AvgIpc) is 2.70. The molecule has 1 fully saturated rings. The van der Waals surface area contributed by atoms with E-state index in [4.69, 9.17) is 0 Å². The van der Waals surface area contributed by atoms with Gasteiger partial charge in [0.1, 0.15) is 0 Å². The van der Waals surface area contributed by atoms with Gasteiger partial charge in [0.2, 0.25) is 5.91 Å². The molecule has 0 aliphatic carbocycles. The van der Waals surface area contributed by atoms with E-state index in [1.54, 1.807) is 12.3 Å². The Labute approximate surface area is 171 Å². The number of rotatable bonds is 7. The summed E-state index contributed by atoms with van der Waals surface area (Å²) in [6, 6.07) is 9.76. The summed E-state index contributed by atoms with van der Waals surface area (Å²) in [5, 5.41) is 3.20. The summed E-state index contributed by atoms with van der Waals surface area (Å²) in [4.78, 5) is 19.2. The Morgan fingerprint density at radius 2 is 1.93 bits per heavy atom. The Balaban J connectivity index is 1.63. The van der Waals surface area contributed by atoms with Crippen LogP contribution >= 0.6 is 0 Å². The van der Waals surface area contributed by atoms with Crippen LogP contribution in [0.3, 0.4) is 0 Å². The molecule has 3 rings (SSSR count). The van der Waals surface area contributed by atoms with E-state index in [2.05, 4.69) is 15.2 Å². The van der Waals surface area contributed by atoms with E-state index in [9.17, 15) is 13.6 Å². The van der Waals surface area contributed by atoms with Crippen LogP contribution < -0.4 is 5.32 Å². The fourth-order valence-corrected chi connectivity index (χ4v) is 3.94. The van der Waals surface area contributed by atoms with Gasteiger partial charge in [-0.25, -0.2) is 8.78 Å². The molecule has 0 bridgehead atoms. The second-order valence-corrected chi connectivity index (χ2v) is 8.26. The second kappa shape index (κ2) is 9.92. The van der Waals surface area contributed by atoms with Crippen LogP contribution in [0.2, 0.25) is 0 Å². The van der Waals surface area contributed by atoms with E-state index in [1.165, 1.54) is 12.1 Å². The largest absolute Gasteiger partial charge is 0.347 e. The van der Waals surface area contributed by atoms with Crippen molar-refractivity contribution in [2.75, 3.05) is 13.1 Å². The molecule has 2 heterocycles. The number of halogens is 2. The van der Waals surface area contributed by atoms with Crippen molar-refractivity contribution in [2.24, 2.45) is 11.8 Å². The normalized spacial score (nSPS) is 16.7. The van der Waals surface area contributed by atoms with Crippen molar-refractivity contribution in [3.63, 3.8) is 0 Å². The Kier molecular flexibility index (Phi) is 7.31. The first-order chi connectivity index (χ1) is 13.9. The monoisotopic (exact) mass is 401 g/mol. The van der Waals surface area contributed by atoms with E-state index in [-0.39, 0.29) is 11.9 Å². The van der Waals surface area contributed by atoms with Gasteiger partial charge in [-0.3, -0.25) is 14.7 Å². The summed E-state index contributed by atoms with van der Waals surface area (Å²) >= 11 is 0. The van der Waals surface area contributed by atoms with Crippen LogP contribution in [0.1, 0.15) is 50.4 Å². The smallest absolute Gasteiger partial charge is 0.220 e. The van der Waals surface area contributed by atoms with Crippen molar-refractivity contribution in [2.45, 2.75) is 45.7 Å². The molecule has 0 unspecified atom stereocenters. The van der Waals surface area contributed by atoms with Crippen LogP contribution in [0, 0.1) is 23.5 Å². The maximum absolute atomic E-state index is 13.5. The zero-order valence-corrected chi connectivity index (χ0v) is 17.1. The number of likely N-dealkylation sites (tertiary alicyclic amines) is 1. The summed E-state index contributed by atoms with van der Waals surface area (Å²) in [6.07, 6.45) is 4.08. The number of carbonyl (C=O) groups is 1. The zero-order valence-electron chi connectivity index (χ0n) is 17.1. The molecule has 1 aromatic carbocycles. The Hall–Kier alpha value is -2.34. The first-order valence-electron chi connectivity index (χ1n) is 10.3. The maximum Gasteiger partial charge on any atom is 0.220 e. The minimum absolute atomic E-state index is 0.0554. The molecule has 0 spiro atoms. The standard InChI is InChI=1S/C23H29F2N3O/c1-16(2)13-22(29)27-23(21-5-3-4-10-26-21)18-8-11-28(12-9-18)15-17-6-7-19(24)20(25)14-17/h3-7,10,14,16,18,23H,8-9,11-13,15H2,1-2H3,(H,27,29)/t23-/m0/s1. The van der Waals surface area contributed by atoms with Crippen molar-refractivity contribution in [1.82, 2.24) is 15.2 Å². The lowest BCUT2D eigenvalue weighted by Gasteiger charge is -2.36. The van der Waals surface area contributed by atoms with Crippen molar-refractivity contribution < 1.29 is 13.6 Å². The molecule has 2 aromatic rings. The third-order valence-electron chi connectivity index (χ3n) is 5.41. The third kappa shape index (κ3) is 6.07. The topological polar surface area (TPSA) is 45.2 Å². The predicted octanol–water partition coefficient (Wildman–Crippen LogP) is 4.48. The van der Waals surface area contributed by atoms with E-state index < -0.39 is 11.6 Å². The predicted molar refractivity (Wildman–Crippen MR) is 109 cm³/mol. The number of hydrogen-bond acceptors (Lipinski definition) is 3. The molecule has 1 atom stereocenters. The van der Waals surface area contributed by atoms with Gasteiger partial charge in [0.15, 0.2) is 11.6 Å². The van der Waals surface area contributed by atoms with Crippen LogP contribution in [0.15, 0.2) is 42.6 Å². The molecule has 6 heteroatoms. The lowest BCUT2D eigenvalue weighted by Crippen LogP contribution is -2.41. The molecule has 156 valence electrons. The molecule has 1 N–H and O–H groups in total. The molecule has 1 aliphatic rings. The molecule has 0 radical (unpaired) electrons. The fourth-order valence-electron chi connectivity index (χ4n) is 3.94. The first-order valence-corrected chi connectivity index (χ1v) is 10.3. The third-order valence-corrected chi connectivity index (χ3v) is 5.41. The van der Waals surface area contributed by atoms with E-state index in [0.717, 1.165) is 37.2 Å². The van der Waals surface area contributed by atoms with E-state index in [0.29, 0.717) is 24.8 Å². The molecule has 4 nitrogen and oxygen atoms in total. The average molecular weight is 402 g/mol. The van der Waals surface area contributed by atoms with Gasteiger partial charge >= 0.3 is 0 Å². The van der Waals surface area contributed by atoms with E-state index >= 15 is 0 Å². The summed E-state index contributed by atoms with van der Waals surface area (Å²) in [5.74, 6) is -0.970. The number of hydrogen-bond donors (Lipinski definition) is 1. The Morgan fingerprint density at radius 3 is 2.55 bits per heavy atom. The number of aromatic nitrogens is 1. The van der Waals surface area contributed by atoms with Crippen molar-refractivity contribution in [3.05, 3.63) is 65.5 Å². The van der Waals surface area contributed by atoms with Crippen molar-refractivity contribution in [1.29, 1.82) is 0 Å². The highest BCUT2D eigenvalue weighted by molar-refractivity contribution is 5.76. The van der Waals surface area contributed by atoms with Crippen LogP contribution in [0.5, 0.6) is 0 Å². The van der Waals surface area contributed by atoms with Gasteiger partial charge in [-0.15, -0.1) is 0 Å².